The molecule has 17 heavy (non-hydrogen) atoms. The fourth-order valence-electron chi connectivity index (χ4n) is 2.23. The summed E-state index contributed by atoms with van der Waals surface area (Å²) in [5.74, 6) is 0.0824. The summed E-state index contributed by atoms with van der Waals surface area (Å²) in [6, 6.07) is 7.31. The molecule has 0 spiro atoms. The summed E-state index contributed by atoms with van der Waals surface area (Å²) in [5.41, 5.74) is 0. The Labute approximate surface area is 100 Å². The number of carboxylic acids is 1. The highest BCUT2D eigenvalue weighted by molar-refractivity contribution is 5.71. The smallest absolute Gasteiger partial charge is 0.310 e. The van der Waals surface area contributed by atoms with Crippen LogP contribution in [0.4, 0.5) is 0 Å². The summed E-state index contributed by atoms with van der Waals surface area (Å²) in [6.07, 6.45) is 2.13. The van der Waals surface area contributed by atoms with Gasteiger partial charge in [-0.15, -0.1) is 0 Å². The number of para-hydroxylation sites is 2. The van der Waals surface area contributed by atoms with Gasteiger partial charge in [-0.05, 0) is 31.4 Å². The Hall–Kier alpha value is -1.71. The van der Waals surface area contributed by atoms with Gasteiger partial charge in [0.15, 0.2) is 11.5 Å². The Bertz CT molecular complexity index is 402. The summed E-state index contributed by atoms with van der Waals surface area (Å²) >= 11 is 0. The second-order valence-corrected chi connectivity index (χ2v) is 4.18. The standard InChI is InChI=1S/C13H16O4/c1-16-11-6-2-3-7-12(11)17-10-8-4-5-9(10)13(14)15/h2-3,6-7,9-10H,4-5,8H2,1H3,(H,14,15). The highest BCUT2D eigenvalue weighted by Gasteiger charge is 2.35. The van der Waals surface area contributed by atoms with E-state index in [2.05, 4.69) is 0 Å². The van der Waals surface area contributed by atoms with Gasteiger partial charge in [0.1, 0.15) is 6.10 Å². The maximum absolute atomic E-state index is 11.0. The van der Waals surface area contributed by atoms with Gasteiger partial charge in [-0.2, -0.15) is 0 Å². The number of methoxy groups -OCH3 is 1. The lowest BCUT2D eigenvalue weighted by atomic mass is 10.1. The quantitative estimate of drug-likeness (QED) is 0.871. The van der Waals surface area contributed by atoms with E-state index in [1.54, 1.807) is 19.2 Å². The van der Waals surface area contributed by atoms with Gasteiger partial charge >= 0.3 is 5.97 Å². The molecule has 0 saturated heterocycles. The lowest BCUT2D eigenvalue weighted by Gasteiger charge is -2.19. The zero-order chi connectivity index (χ0) is 12.3. The Morgan fingerprint density at radius 2 is 2.00 bits per heavy atom. The van der Waals surface area contributed by atoms with Crippen LogP contribution in [0.2, 0.25) is 0 Å². The number of rotatable bonds is 4. The Morgan fingerprint density at radius 3 is 2.65 bits per heavy atom. The van der Waals surface area contributed by atoms with Crippen LogP contribution in [0.5, 0.6) is 11.5 Å². The molecule has 2 unspecified atom stereocenters. The van der Waals surface area contributed by atoms with Gasteiger partial charge < -0.3 is 14.6 Å². The Balaban J connectivity index is 2.12. The minimum atomic E-state index is -0.776. The van der Waals surface area contributed by atoms with Crippen LogP contribution in [0.15, 0.2) is 24.3 Å². The minimum Gasteiger partial charge on any atom is -0.493 e. The first kappa shape index (κ1) is 11.8. The van der Waals surface area contributed by atoms with Crippen LogP contribution in [-0.2, 0) is 4.79 Å². The van der Waals surface area contributed by atoms with Crippen LogP contribution in [0, 0.1) is 5.92 Å². The molecule has 1 aliphatic carbocycles. The largest absolute Gasteiger partial charge is 0.493 e. The van der Waals surface area contributed by atoms with Crippen molar-refractivity contribution in [3.05, 3.63) is 24.3 Å². The fraction of sp³-hybridized carbons (Fsp3) is 0.462. The molecule has 92 valence electrons. The van der Waals surface area contributed by atoms with Gasteiger partial charge in [-0.25, -0.2) is 0 Å². The lowest BCUT2D eigenvalue weighted by Crippen LogP contribution is -2.28. The number of carbonyl (C=O) groups is 1. The third-order valence-corrected chi connectivity index (χ3v) is 3.12. The Morgan fingerprint density at radius 1 is 1.29 bits per heavy atom. The van der Waals surface area contributed by atoms with Crippen LogP contribution in [0.3, 0.4) is 0 Å². The van der Waals surface area contributed by atoms with Crippen molar-refractivity contribution in [3.63, 3.8) is 0 Å². The molecular weight excluding hydrogens is 220 g/mol. The predicted octanol–water partition coefficient (Wildman–Crippen LogP) is 2.33. The molecule has 1 aromatic carbocycles. The van der Waals surface area contributed by atoms with E-state index in [1.807, 2.05) is 12.1 Å². The number of hydrogen-bond acceptors (Lipinski definition) is 3. The van der Waals surface area contributed by atoms with E-state index in [1.165, 1.54) is 0 Å². The summed E-state index contributed by atoms with van der Waals surface area (Å²) in [7, 11) is 1.57. The van der Waals surface area contributed by atoms with Crippen molar-refractivity contribution in [1.82, 2.24) is 0 Å². The van der Waals surface area contributed by atoms with Crippen LogP contribution in [0.25, 0.3) is 0 Å². The van der Waals surface area contributed by atoms with Crippen molar-refractivity contribution in [2.24, 2.45) is 5.92 Å². The zero-order valence-corrected chi connectivity index (χ0v) is 9.76. The molecule has 1 aliphatic rings. The minimum absolute atomic E-state index is 0.246. The number of aliphatic carboxylic acids is 1. The molecule has 0 aliphatic heterocycles. The van der Waals surface area contributed by atoms with Gasteiger partial charge in [0.2, 0.25) is 0 Å². The second-order valence-electron chi connectivity index (χ2n) is 4.18. The number of benzene rings is 1. The lowest BCUT2D eigenvalue weighted by molar-refractivity contribution is -0.144. The average molecular weight is 236 g/mol. The molecular formula is C13H16O4. The van der Waals surface area contributed by atoms with Crippen LogP contribution in [0.1, 0.15) is 19.3 Å². The van der Waals surface area contributed by atoms with Crippen molar-refractivity contribution < 1.29 is 19.4 Å². The van der Waals surface area contributed by atoms with Crippen molar-refractivity contribution in [2.75, 3.05) is 7.11 Å². The number of ether oxygens (including phenoxy) is 2. The molecule has 0 amide bonds. The monoisotopic (exact) mass is 236 g/mol. The maximum Gasteiger partial charge on any atom is 0.310 e. The molecule has 1 N–H and O–H groups in total. The summed E-state index contributed by atoms with van der Waals surface area (Å²) in [5, 5.41) is 9.08. The van der Waals surface area contributed by atoms with Gasteiger partial charge in [0.25, 0.3) is 0 Å². The molecule has 1 fully saturated rings. The second kappa shape index (κ2) is 5.08. The molecule has 2 rings (SSSR count). The molecule has 4 nitrogen and oxygen atoms in total. The normalized spacial score (nSPS) is 23.4. The molecule has 1 saturated carbocycles. The van der Waals surface area contributed by atoms with E-state index in [-0.39, 0.29) is 6.10 Å². The van der Waals surface area contributed by atoms with Gasteiger partial charge in [0.05, 0.1) is 13.0 Å². The van der Waals surface area contributed by atoms with Gasteiger partial charge in [-0.3, -0.25) is 4.79 Å². The fourth-order valence-corrected chi connectivity index (χ4v) is 2.23. The Kier molecular flexibility index (Phi) is 3.52. The SMILES string of the molecule is COc1ccccc1OC1CCCC1C(=O)O. The summed E-state index contributed by atoms with van der Waals surface area (Å²) < 4.78 is 10.9. The van der Waals surface area contributed by atoms with Crippen LogP contribution >= 0.6 is 0 Å². The van der Waals surface area contributed by atoms with Crippen molar-refractivity contribution >= 4 is 5.97 Å². The molecule has 0 aromatic heterocycles. The van der Waals surface area contributed by atoms with Crippen molar-refractivity contribution in [3.8, 4) is 11.5 Å². The first-order valence-corrected chi connectivity index (χ1v) is 5.75. The highest BCUT2D eigenvalue weighted by atomic mass is 16.5. The third-order valence-electron chi connectivity index (χ3n) is 3.12. The van der Waals surface area contributed by atoms with E-state index < -0.39 is 11.9 Å². The van der Waals surface area contributed by atoms with E-state index >= 15 is 0 Å². The number of carboxylic acid groups (broad SMARTS) is 1. The molecule has 2 atom stereocenters. The summed E-state index contributed by atoms with van der Waals surface area (Å²) in [4.78, 5) is 11.0. The van der Waals surface area contributed by atoms with Crippen molar-refractivity contribution in [2.45, 2.75) is 25.4 Å². The van der Waals surface area contributed by atoms with Crippen LogP contribution in [-0.4, -0.2) is 24.3 Å². The zero-order valence-electron chi connectivity index (χ0n) is 9.76. The molecule has 0 bridgehead atoms. The summed E-state index contributed by atoms with van der Waals surface area (Å²) in [6.45, 7) is 0. The highest BCUT2D eigenvalue weighted by Crippen LogP contribution is 2.34. The van der Waals surface area contributed by atoms with E-state index in [0.717, 1.165) is 12.8 Å². The first-order valence-electron chi connectivity index (χ1n) is 5.75. The number of hydrogen-bond donors (Lipinski definition) is 1. The average Bonchev–Trinajstić information content (AvgIpc) is 2.78. The topological polar surface area (TPSA) is 55.8 Å². The van der Waals surface area contributed by atoms with Crippen LogP contribution < -0.4 is 9.47 Å². The van der Waals surface area contributed by atoms with E-state index in [4.69, 9.17) is 14.6 Å². The third kappa shape index (κ3) is 2.52. The van der Waals surface area contributed by atoms with Crippen molar-refractivity contribution in [1.29, 1.82) is 0 Å². The van der Waals surface area contributed by atoms with E-state index in [0.29, 0.717) is 17.9 Å². The van der Waals surface area contributed by atoms with Gasteiger partial charge in [0, 0.05) is 0 Å². The first-order chi connectivity index (χ1) is 8.22. The molecule has 1 aromatic rings. The van der Waals surface area contributed by atoms with Gasteiger partial charge in [-0.1, -0.05) is 12.1 Å². The molecule has 0 radical (unpaired) electrons. The molecule has 4 heteroatoms. The van der Waals surface area contributed by atoms with E-state index in [9.17, 15) is 4.79 Å². The maximum atomic E-state index is 11.0. The molecule has 0 heterocycles. The predicted molar refractivity (Wildman–Crippen MR) is 62.4 cm³/mol.